The molecule has 2 heterocycles. The van der Waals surface area contributed by atoms with Gasteiger partial charge in [0, 0.05) is 30.7 Å². The zero-order valence-corrected chi connectivity index (χ0v) is 13.4. The van der Waals surface area contributed by atoms with E-state index in [4.69, 9.17) is 4.42 Å². The van der Waals surface area contributed by atoms with Crippen molar-refractivity contribution < 1.29 is 4.42 Å². The molecule has 0 saturated carbocycles. The molecule has 4 nitrogen and oxygen atoms in total. The molecular weight excluding hydrogens is 262 g/mol. The van der Waals surface area contributed by atoms with Crippen LogP contribution < -0.4 is 5.32 Å². The van der Waals surface area contributed by atoms with Crippen LogP contribution in [0.2, 0.25) is 0 Å². The third kappa shape index (κ3) is 2.91. The quantitative estimate of drug-likeness (QED) is 0.937. The van der Waals surface area contributed by atoms with Crippen LogP contribution in [0.25, 0.3) is 11.1 Å². The van der Waals surface area contributed by atoms with Crippen LogP contribution in [-0.2, 0) is 6.42 Å². The molecule has 1 aromatic carbocycles. The molecule has 3 rings (SSSR count). The lowest BCUT2D eigenvalue weighted by Crippen LogP contribution is -2.48. The summed E-state index contributed by atoms with van der Waals surface area (Å²) in [6.07, 6.45) is 2.01. The van der Waals surface area contributed by atoms with Crippen molar-refractivity contribution in [1.29, 1.82) is 0 Å². The summed E-state index contributed by atoms with van der Waals surface area (Å²) in [6, 6.07) is 7.37. The number of anilines is 1. The summed E-state index contributed by atoms with van der Waals surface area (Å²) in [7, 11) is 2.21. The molecule has 114 valence electrons. The number of benzene rings is 1. The first-order chi connectivity index (χ1) is 10.1. The van der Waals surface area contributed by atoms with E-state index in [2.05, 4.69) is 55.2 Å². The molecule has 4 heteroatoms. The number of oxazole rings is 1. The first-order valence-corrected chi connectivity index (χ1v) is 7.93. The smallest absolute Gasteiger partial charge is 0.195 e. The molecule has 3 atom stereocenters. The standard InChI is InChI=1S/C17H25N3O/c1-5-17-19-15-9-13(6-7-16(15)21-17)18-14-8-12(3)20(4)10-11(14)2/h6-7,9,11-12,14,18H,5,8,10H2,1-4H3. The minimum atomic E-state index is 0.520. The van der Waals surface area contributed by atoms with Gasteiger partial charge in [-0.05, 0) is 44.5 Å². The van der Waals surface area contributed by atoms with Crippen LogP contribution in [0.5, 0.6) is 0 Å². The average molecular weight is 287 g/mol. The molecular formula is C17H25N3O. The fourth-order valence-corrected chi connectivity index (χ4v) is 3.17. The monoisotopic (exact) mass is 287 g/mol. The number of nitrogens with zero attached hydrogens (tertiary/aromatic N) is 2. The van der Waals surface area contributed by atoms with E-state index in [1.165, 1.54) is 6.42 Å². The topological polar surface area (TPSA) is 41.3 Å². The maximum Gasteiger partial charge on any atom is 0.195 e. The van der Waals surface area contributed by atoms with Gasteiger partial charge in [0.25, 0.3) is 0 Å². The average Bonchev–Trinajstić information content (AvgIpc) is 2.87. The van der Waals surface area contributed by atoms with Crippen molar-refractivity contribution >= 4 is 16.8 Å². The highest BCUT2D eigenvalue weighted by Gasteiger charge is 2.28. The number of hydrogen-bond acceptors (Lipinski definition) is 4. The van der Waals surface area contributed by atoms with E-state index < -0.39 is 0 Å². The van der Waals surface area contributed by atoms with Gasteiger partial charge in [0.05, 0.1) is 0 Å². The van der Waals surface area contributed by atoms with Gasteiger partial charge in [0.15, 0.2) is 11.5 Å². The fourth-order valence-electron chi connectivity index (χ4n) is 3.17. The number of hydrogen-bond donors (Lipinski definition) is 1. The molecule has 0 aliphatic carbocycles. The molecule has 1 aliphatic heterocycles. The van der Waals surface area contributed by atoms with Gasteiger partial charge in [0.1, 0.15) is 5.52 Å². The Kier molecular flexibility index (Phi) is 3.89. The fraction of sp³-hybridized carbons (Fsp3) is 0.588. The summed E-state index contributed by atoms with van der Waals surface area (Å²) < 4.78 is 5.67. The predicted molar refractivity (Wildman–Crippen MR) is 86.7 cm³/mol. The van der Waals surface area contributed by atoms with Gasteiger partial charge in [-0.1, -0.05) is 13.8 Å². The Bertz CT molecular complexity index is 622. The van der Waals surface area contributed by atoms with Crippen LogP contribution in [0.15, 0.2) is 22.6 Å². The van der Waals surface area contributed by atoms with E-state index in [-0.39, 0.29) is 0 Å². The summed E-state index contributed by atoms with van der Waals surface area (Å²) in [6.45, 7) is 7.83. The van der Waals surface area contributed by atoms with Crippen LogP contribution in [-0.4, -0.2) is 35.6 Å². The third-order valence-corrected chi connectivity index (χ3v) is 4.70. The van der Waals surface area contributed by atoms with Gasteiger partial charge in [-0.2, -0.15) is 0 Å². The Morgan fingerprint density at radius 3 is 2.95 bits per heavy atom. The van der Waals surface area contributed by atoms with Crippen molar-refractivity contribution in [3.8, 4) is 0 Å². The molecule has 1 saturated heterocycles. The molecule has 2 aromatic rings. The molecule has 1 aromatic heterocycles. The molecule has 1 N–H and O–H groups in total. The van der Waals surface area contributed by atoms with Crippen LogP contribution >= 0.6 is 0 Å². The van der Waals surface area contributed by atoms with E-state index in [0.717, 1.165) is 35.6 Å². The van der Waals surface area contributed by atoms with Gasteiger partial charge >= 0.3 is 0 Å². The minimum Gasteiger partial charge on any atom is -0.441 e. The molecule has 3 unspecified atom stereocenters. The highest BCUT2D eigenvalue weighted by atomic mass is 16.3. The second kappa shape index (κ2) is 5.68. The Morgan fingerprint density at radius 1 is 1.38 bits per heavy atom. The second-order valence-corrected chi connectivity index (χ2v) is 6.40. The first kappa shape index (κ1) is 14.4. The Labute approximate surface area is 126 Å². The van der Waals surface area contributed by atoms with Crippen LogP contribution in [0.4, 0.5) is 5.69 Å². The molecule has 1 aliphatic rings. The number of likely N-dealkylation sites (tertiary alicyclic amines) is 1. The van der Waals surface area contributed by atoms with Gasteiger partial charge in [-0.15, -0.1) is 0 Å². The van der Waals surface area contributed by atoms with Crippen molar-refractivity contribution in [2.75, 3.05) is 18.9 Å². The zero-order chi connectivity index (χ0) is 15.0. The van der Waals surface area contributed by atoms with Gasteiger partial charge in [-0.25, -0.2) is 4.98 Å². The molecule has 0 amide bonds. The van der Waals surface area contributed by atoms with E-state index in [1.54, 1.807) is 0 Å². The van der Waals surface area contributed by atoms with Crippen LogP contribution in [0, 0.1) is 5.92 Å². The number of fused-ring (bicyclic) bond motifs is 1. The molecule has 21 heavy (non-hydrogen) atoms. The highest BCUT2D eigenvalue weighted by molar-refractivity contribution is 5.77. The van der Waals surface area contributed by atoms with Crippen molar-refractivity contribution in [2.24, 2.45) is 5.92 Å². The lowest BCUT2D eigenvalue weighted by atomic mass is 9.89. The first-order valence-electron chi connectivity index (χ1n) is 7.93. The van der Waals surface area contributed by atoms with Gasteiger partial charge < -0.3 is 14.6 Å². The summed E-state index contributed by atoms with van der Waals surface area (Å²) in [5, 5.41) is 3.69. The summed E-state index contributed by atoms with van der Waals surface area (Å²) in [5.74, 6) is 1.45. The van der Waals surface area contributed by atoms with Crippen molar-refractivity contribution in [3.05, 3.63) is 24.1 Å². The van der Waals surface area contributed by atoms with Crippen molar-refractivity contribution in [2.45, 2.75) is 45.7 Å². The zero-order valence-electron chi connectivity index (χ0n) is 13.4. The number of aromatic nitrogens is 1. The number of rotatable bonds is 3. The lowest BCUT2D eigenvalue weighted by molar-refractivity contribution is 0.145. The highest BCUT2D eigenvalue weighted by Crippen LogP contribution is 2.26. The summed E-state index contributed by atoms with van der Waals surface area (Å²) in [5.41, 5.74) is 2.97. The van der Waals surface area contributed by atoms with E-state index in [9.17, 15) is 0 Å². The summed E-state index contributed by atoms with van der Waals surface area (Å²) >= 11 is 0. The van der Waals surface area contributed by atoms with Gasteiger partial charge in [0.2, 0.25) is 0 Å². The Balaban J connectivity index is 1.78. The maximum atomic E-state index is 5.67. The Morgan fingerprint density at radius 2 is 2.19 bits per heavy atom. The Hall–Kier alpha value is -1.55. The molecule has 1 fully saturated rings. The minimum absolute atomic E-state index is 0.520. The normalized spacial score (nSPS) is 27.1. The SMILES string of the molecule is CCc1nc2cc(NC3CC(C)N(C)CC3C)ccc2o1. The lowest BCUT2D eigenvalue weighted by Gasteiger charge is -2.40. The number of piperidine rings is 1. The summed E-state index contributed by atoms with van der Waals surface area (Å²) in [4.78, 5) is 6.96. The third-order valence-electron chi connectivity index (χ3n) is 4.70. The van der Waals surface area contributed by atoms with Crippen molar-refractivity contribution in [1.82, 2.24) is 9.88 Å². The second-order valence-electron chi connectivity index (χ2n) is 6.40. The van der Waals surface area contributed by atoms with Crippen molar-refractivity contribution in [3.63, 3.8) is 0 Å². The largest absolute Gasteiger partial charge is 0.441 e. The van der Waals surface area contributed by atoms with E-state index in [1.807, 2.05) is 6.07 Å². The maximum absolute atomic E-state index is 5.67. The number of nitrogens with one attached hydrogen (secondary N) is 1. The van der Waals surface area contributed by atoms with Crippen LogP contribution in [0.1, 0.15) is 33.1 Å². The molecule has 0 spiro atoms. The number of aryl methyl sites for hydroxylation is 1. The van der Waals surface area contributed by atoms with Crippen LogP contribution in [0.3, 0.4) is 0 Å². The molecule has 0 bridgehead atoms. The molecule has 0 radical (unpaired) electrons. The van der Waals surface area contributed by atoms with E-state index >= 15 is 0 Å². The predicted octanol–water partition coefficient (Wildman–Crippen LogP) is 3.53. The van der Waals surface area contributed by atoms with Gasteiger partial charge in [-0.3, -0.25) is 0 Å². The van der Waals surface area contributed by atoms with E-state index in [0.29, 0.717) is 18.0 Å².